The number of nitrogens with zero attached hydrogens (tertiary/aromatic N) is 2. The number of ether oxygens (including phenoxy) is 3. The van der Waals surface area contributed by atoms with Crippen LogP contribution in [-0.4, -0.2) is 79.3 Å². The van der Waals surface area contributed by atoms with Crippen LogP contribution in [0.15, 0.2) is 67.0 Å². The maximum Gasteiger partial charge on any atom is 0.346 e. The number of rotatable bonds is 14. The zero-order valence-corrected chi connectivity index (χ0v) is 30.2. The summed E-state index contributed by atoms with van der Waals surface area (Å²) in [7, 11) is 5.05. The topological polar surface area (TPSA) is 142 Å². The molecule has 1 saturated heterocycles. The molecular weight excluding hydrogens is 705 g/mol. The minimum Gasteiger partial charge on any atom is -0.493 e. The lowest BCUT2D eigenvalue weighted by atomic mass is 9.85. The number of piperidine rings is 1. The number of aromatic carboxylic acids is 1. The fraction of sp³-hybridized carbons (Fsp3) is 0.361. The van der Waals surface area contributed by atoms with Crippen LogP contribution >= 0.6 is 34.5 Å². The summed E-state index contributed by atoms with van der Waals surface area (Å²) in [4.78, 5) is 29.6. The largest absolute Gasteiger partial charge is 0.493 e. The number of benzene rings is 2. The number of carbonyl (C=O) groups is 2. The van der Waals surface area contributed by atoms with Crippen LogP contribution in [-0.2, 0) is 28.0 Å². The Kier molecular flexibility index (Phi) is 12.3. The molecule has 2 aromatic carbocycles. The van der Waals surface area contributed by atoms with Gasteiger partial charge in [0.1, 0.15) is 21.0 Å². The minimum atomic E-state index is -1.61. The van der Waals surface area contributed by atoms with Crippen molar-refractivity contribution in [3.8, 4) is 11.5 Å². The molecule has 1 unspecified atom stereocenters. The first kappa shape index (κ1) is 37.3. The molecule has 4 aromatic rings. The Bertz CT molecular complexity index is 1790. The van der Waals surface area contributed by atoms with Crippen LogP contribution < -0.4 is 19.5 Å². The highest BCUT2D eigenvalue weighted by molar-refractivity contribution is 7.14. The number of halogens is 2. The van der Waals surface area contributed by atoms with Gasteiger partial charge in [0, 0.05) is 40.7 Å². The minimum absolute atomic E-state index is 0.0406. The van der Waals surface area contributed by atoms with Crippen molar-refractivity contribution < 1.29 is 44.0 Å². The Hall–Kier alpha value is -3.91. The predicted molar refractivity (Wildman–Crippen MR) is 189 cm³/mol. The molecule has 0 bridgehead atoms. The lowest BCUT2D eigenvalue weighted by Gasteiger charge is -2.35. The number of likely N-dealkylation sites (tertiary alicyclic amines) is 1. The molecule has 0 amide bonds. The van der Waals surface area contributed by atoms with Gasteiger partial charge in [-0.1, -0.05) is 59.6 Å². The number of aliphatic hydroxyl groups is 1. The summed E-state index contributed by atoms with van der Waals surface area (Å²) in [5, 5.41) is 34.9. The highest BCUT2D eigenvalue weighted by Crippen LogP contribution is 2.41. The highest BCUT2D eigenvalue weighted by Gasteiger charge is 2.43. The molecule has 0 spiro atoms. The molecule has 0 radical (unpaired) electrons. The number of methoxy groups -OCH3 is 2. The van der Waals surface area contributed by atoms with E-state index < -0.39 is 30.0 Å². The average molecular weight is 746 g/mol. The molecule has 5 rings (SSSR count). The third-order valence-electron chi connectivity index (χ3n) is 9.02. The van der Waals surface area contributed by atoms with Gasteiger partial charge in [-0.25, -0.2) is 9.59 Å². The van der Waals surface area contributed by atoms with E-state index in [1.165, 1.54) is 26.6 Å². The van der Waals surface area contributed by atoms with E-state index in [-0.39, 0.29) is 34.0 Å². The maximum absolute atomic E-state index is 13.9. The summed E-state index contributed by atoms with van der Waals surface area (Å²) in [5.74, 6) is -1.40. The van der Waals surface area contributed by atoms with Gasteiger partial charge in [0.15, 0.2) is 17.0 Å². The van der Waals surface area contributed by atoms with Crippen LogP contribution in [0.4, 0.5) is 0 Å². The van der Waals surface area contributed by atoms with E-state index in [0.29, 0.717) is 51.5 Å². The standard InChI is InChI=1S/C36H39Cl2N3O8S/c1-40-13-11-24(12-14-40)49-35(45)36(21-42,23-7-5-4-6-8-23)39-18-25-16-27(33(50-25)34(43)44)26(17-28-29(37)19-41(46)20-30(28)38)22-9-10-31(47-2)32(15-22)48-3/h4-10,15-16,19-20,24,26,39,42H,11-14,17-18,21H2,1-3H3,(H-,43,44,46)/p+1/t26-,36?/m0/s1. The molecule has 266 valence electrons. The fourth-order valence-electron chi connectivity index (χ4n) is 6.21. The van der Waals surface area contributed by atoms with Crippen molar-refractivity contribution in [2.24, 2.45) is 0 Å². The number of carboxylic acids is 1. The van der Waals surface area contributed by atoms with Gasteiger partial charge in [-0.3, -0.25) is 10.5 Å². The van der Waals surface area contributed by atoms with Crippen LogP contribution in [0.2, 0.25) is 10.0 Å². The predicted octanol–water partition coefficient (Wildman–Crippen LogP) is 5.28. The molecule has 2 atom stereocenters. The normalized spacial score (nSPS) is 15.6. The van der Waals surface area contributed by atoms with Crippen molar-refractivity contribution in [2.45, 2.75) is 43.4 Å². The third-order valence-corrected chi connectivity index (χ3v) is 10.8. The maximum atomic E-state index is 13.9. The van der Waals surface area contributed by atoms with E-state index in [1.54, 1.807) is 42.5 Å². The van der Waals surface area contributed by atoms with E-state index in [0.717, 1.165) is 29.2 Å². The lowest BCUT2D eigenvalue weighted by molar-refractivity contribution is -0.904. The summed E-state index contributed by atoms with van der Waals surface area (Å²) < 4.78 is 17.8. The van der Waals surface area contributed by atoms with Gasteiger partial charge in [0.25, 0.3) is 0 Å². The summed E-state index contributed by atoms with van der Waals surface area (Å²) in [6.07, 6.45) is 3.85. The fourth-order valence-corrected chi connectivity index (χ4v) is 7.81. The van der Waals surface area contributed by atoms with Crippen molar-refractivity contribution in [1.29, 1.82) is 0 Å². The second kappa shape index (κ2) is 16.4. The molecule has 1 fully saturated rings. The summed E-state index contributed by atoms with van der Waals surface area (Å²) in [6.45, 7) is 1.04. The summed E-state index contributed by atoms with van der Waals surface area (Å²) in [5.41, 5.74) is 0.591. The smallest absolute Gasteiger partial charge is 0.346 e. The Balaban J connectivity index is 1.54. The van der Waals surface area contributed by atoms with Crippen LogP contribution in [0.25, 0.3) is 0 Å². The monoisotopic (exact) mass is 744 g/mol. The lowest BCUT2D eigenvalue weighted by Crippen LogP contribution is -2.54. The van der Waals surface area contributed by atoms with Gasteiger partial charge < -0.3 is 29.3 Å². The van der Waals surface area contributed by atoms with Gasteiger partial charge >= 0.3 is 11.9 Å². The Morgan fingerprint density at radius 3 is 2.30 bits per heavy atom. The molecule has 0 saturated carbocycles. The summed E-state index contributed by atoms with van der Waals surface area (Å²) >= 11 is 14.1. The number of aliphatic hydroxyl groups excluding tert-OH is 1. The number of nitrogens with one attached hydrogen (secondary N) is 1. The SMILES string of the molecule is COc1ccc([C@H](Cc2c(Cl)c[n+](O)cc2Cl)c2cc(CNC(CO)(C(=O)OC3CCN(C)CC3)c3ccccc3)sc2C(=O)O)cc1OC. The van der Waals surface area contributed by atoms with Gasteiger partial charge in [0.05, 0.1) is 20.8 Å². The number of esters is 1. The van der Waals surface area contributed by atoms with Crippen molar-refractivity contribution >= 4 is 46.5 Å². The zero-order chi connectivity index (χ0) is 36.0. The first-order valence-electron chi connectivity index (χ1n) is 16.0. The summed E-state index contributed by atoms with van der Waals surface area (Å²) in [6, 6.07) is 16.0. The van der Waals surface area contributed by atoms with Gasteiger partial charge in [-0.2, -0.15) is 0 Å². The molecule has 14 heteroatoms. The van der Waals surface area contributed by atoms with Crippen LogP contribution in [0.3, 0.4) is 0 Å². The van der Waals surface area contributed by atoms with Crippen molar-refractivity contribution in [2.75, 3.05) is 41.0 Å². The number of thiophene rings is 1. The first-order valence-corrected chi connectivity index (χ1v) is 17.5. The third kappa shape index (κ3) is 8.17. The van der Waals surface area contributed by atoms with E-state index in [9.17, 15) is 25.0 Å². The number of pyridine rings is 1. The highest BCUT2D eigenvalue weighted by atomic mass is 35.5. The van der Waals surface area contributed by atoms with Crippen LogP contribution in [0, 0.1) is 0 Å². The van der Waals surface area contributed by atoms with Crippen molar-refractivity contribution in [3.63, 3.8) is 0 Å². The molecule has 1 aliphatic rings. The molecule has 4 N–H and O–H groups in total. The molecule has 50 heavy (non-hydrogen) atoms. The molecule has 0 aliphatic carbocycles. The van der Waals surface area contributed by atoms with E-state index >= 15 is 0 Å². The number of carbonyl (C=O) groups excluding carboxylic acids is 1. The Labute approximate surface area is 304 Å². The number of hydrogen-bond donors (Lipinski definition) is 4. The molecular formula is C36H40Cl2N3O8S+. The van der Waals surface area contributed by atoms with Gasteiger partial charge in [-0.15, -0.1) is 11.3 Å². The van der Waals surface area contributed by atoms with Crippen LogP contribution in [0.5, 0.6) is 11.5 Å². The van der Waals surface area contributed by atoms with Crippen molar-refractivity contribution in [3.05, 3.63) is 109 Å². The number of carboxylic acid groups (broad SMARTS) is 1. The Morgan fingerprint density at radius 2 is 1.70 bits per heavy atom. The van der Waals surface area contributed by atoms with Gasteiger partial charge in [0.2, 0.25) is 12.4 Å². The quantitative estimate of drug-likeness (QED) is 0.0766. The van der Waals surface area contributed by atoms with E-state index in [4.69, 9.17) is 37.4 Å². The van der Waals surface area contributed by atoms with Crippen molar-refractivity contribution in [1.82, 2.24) is 10.2 Å². The number of hydrogen-bond acceptors (Lipinski definition) is 10. The first-order chi connectivity index (χ1) is 24.0. The molecule has 1 aliphatic heterocycles. The van der Waals surface area contributed by atoms with E-state index in [2.05, 4.69) is 10.2 Å². The van der Waals surface area contributed by atoms with Crippen LogP contribution in [0.1, 0.15) is 55.6 Å². The molecule has 3 heterocycles. The zero-order valence-electron chi connectivity index (χ0n) is 27.9. The average Bonchev–Trinajstić information content (AvgIpc) is 3.54. The second-order valence-corrected chi connectivity index (χ2v) is 14.1. The second-order valence-electron chi connectivity index (χ2n) is 12.2. The molecule has 2 aromatic heterocycles. The molecule has 11 nitrogen and oxygen atoms in total. The van der Waals surface area contributed by atoms with E-state index in [1.807, 2.05) is 19.2 Å². The van der Waals surface area contributed by atoms with Gasteiger partial charge in [-0.05, 0) is 61.2 Å². The number of aromatic nitrogens is 1. The Morgan fingerprint density at radius 1 is 1.04 bits per heavy atom.